The number of ether oxygens (including phenoxy) is 2. The number of alkyl halides is 3. The Morgan fingerprint density at radius 1 is 1.47 bits per heavy atom. The maximum atomic E-state index is 12.7. The molecule has 0 bridgehead atoms. The normalized spacial score (nSPS) is 11.1. The smallest absolute Gasteiger partial charge is 0.461 e. The number of hydrogen-bond donors (Lipinski definition) is 0. The minimum atomic E-state index is -5.04. The van der Waals surface area contributed by atoms with E-state index in [1.54, 1.807) is 0 Å². The molecule has 0 aliphatic carbocycles. The van der Waals surface area contributed by atoms with Crippen molar-refractivity contribution in [3.05, 3.63) is 23.8 Å². The van der Waals surface area contributed by atoms with Gasteiger partial charge in [-0.3, -0.25) is 0 Å². The van der Waals surface area contributed by atoms with Crippen molar-refractivity contribution in [2.45, 2.75) is 13.3 Å². The summed E-state index contributed by atoms with van der Waals surface area (Å²) in [6.07, 6.45) is -4.45. The second kappa shape index (κ2) is 4.98. The zero-order valence-corrected chi connectivity index (χ0v) is 8.55. The van der Waals surface area contributed by atoms with Gasteiger partial charge in [0.05, 0.1) is 12.8 Å². The number of carbonyl (C=O) groups excluding carboxylic acids is 1. The molecule has 1 aromatic rings. The first kappa shape index (κ1) is 13.2. The largest absolute Gasteiger partial charge is 0.573 e. The number of carbonyl (C=O) groups is 1. The summed E-state index contributed by atoms with van der Waals surface area (Å²) >= 11 is 0. The minimum Gasteiger partial charge on any atom is -0.461 e. The van der Waals surface area contributed by atoms with Gasteiger partial charge in [0.1, 0.15) is 5.82 Å². The average Bonchev–Trinajstić information content (AvgIpc) is 2.15. The molecule has 0 aliphatic heterocycles. The molecule has 0 spiro atoms. The monoisotopic (exact) mass is 253 g/mol. The zero-order chi connectivity index (χ0) is 13.1. The third kappa shape index (κ3) is 3.89. The summed E-state index contributed by atoms with van der Waals surface area (Å²) in [5.41, 5.74) is -0.731. The molecule has 0 aliphatic rings. The lowest BCUT2D eigenvalue weighted by molar-refractivity contribution is -0.274. The lowest BCUT2D eigenvalue weighted by atomic mass is 10.3. The van der Waals surface area contributed by atoms with E-state index < -0.39 is 29.6 Å². The highest BCUT2D eigenvalue weighted by molar-refractivity contribution is 5.90. The van der Waals surface area contributed by atoms with Gasteiger partial charge < -0.3 is 9.47 Å². The van der Waals surface area contributed by atoms with Crippen LogP contribution in [0.5, 0.6) is 5.75 Å². The lowest BCUT2D eigenvalue weighted by Crippen LogP contribution is -2.20. The Bertz CT molecular complexity index is 419. The number of nitrogens with zero attached hydrogens (tertiary/aromatic N) is 1. The highest BCUT2D eigenvalue weighted by Gasteiger charge is 2.34. The fraction of sp³-hybridized carbons (Fsp3) is 0.333. The predicted molar refractivity (Wildman–Crippen MR) is 46.8 cm³/mol. The Hall–Kier alpha value is -1.86. The van der Waals surface area contributed by atoms with Gasteiger partial charge in [-0.05, 0) is 6.92 Å². The summed E-state index contributed by atoms with van der Waals surface area (Å²) in [7, 11) is 0. The molecule has 8 heteroatoms. The van der Waals surface area contributed by atoms with Gasteiger partial charge in [0.15, 0.2) is 11.4 Å². The van der Waals surface area contributed by atoms with Crippen molar-refractivity contribution in [2.24, 2.45) is 0 Å². The molecule has 0 saturated heterocycles. The summed E-state index contributed by atoms with van der Waals surface area (Å²) in [6, 6.07) is 0.409. The fourth-order valence-electron chi connectivity index (χ4n) is 0.976. The van der Waals surface area contributed by atoms with Gasteiger partial charge in [-0.25, -0.2) is 14.2 Å². The molecule has 1 rings (SSSR count). The van der Waals surface area contributed by atoms with Gasteiger partial charge >= 0.3 is 12.3 Å². The number of pyridine rings is 1. The lowest BCUT2D eigenvalue weighted by Gasteiger charge is -2.11. The summed E-state index contributed by atoms with van der Waals surface area (Å²) in [4.78, 5) is 14.4. The number of esters is 1. The number of halogens is 4. The summed E-state index contributed by atoms with van der Waals surface area (Å²) in [6.45, 7) is 1.41. The molecule has 17 heavy (non-hydrogen) atoms. The molecular weight excluding hydrogens is 246 g/mol. The molecular formula is C9H7F4NO3. The fourth-order valence-corrected chi connectivity index (χ4v) is 0.976. The first-order valence-corrected chi connectivity index (χ1v) is 4.42. The highest BCUT2D eigenvalue weighted by Crippen LogP contribution is 2.26. The van der Waals surface area contributed by atoms with Crippen LogP contribution in [-0.4, -0.2) is 23.9 Å². The van der Waals surface area contributed by atoms with Gasteiger partial charge in [0.25, 0.3) is 0 Å². The molecule has 0 saturated carbocycles. The van der Waals surface area contributed by atoms with Crippen molar-refractivity contribution >= 4 is 5.97 Å². The Labute approximate surface area is 93.2 Å². The van der Waals surface area contributed by atoms with Gasteiger partial charge in [-0.2, -0.15) is 0 Å². The maximum absolute atomic E-state index is 12.7. The Morgan fingerprint density at radius 2 is 2.12 bits per heavy atom. The molecule has 1 heterocycles. The van der Waals surface area contributed by atoms with E-state index in [4.69, 9.17) is 0 Å². The topological polar surface area (TPSA) is 48.4 Å². The van der Waals surface area contributed by atoms with Crippen molar-refractivity contribution in [3.8, 4) is 5.75 Å². The SMILES string of the molecule is CCOC(=O)c1ncc(F)cc1OC(F)(F)F. The summed E-state index contributed by atoms with van der Waals surface area (Å²) in [5, 5.41) is 0. The average molecular weight is 253 g/mol. The van der Waals surface area contributed by atoms with Crippen LogP contribution in [0.15, 0.2) is 12.3 Å². The molecule has 0 radical (unpaired) electrons. The first-order valence-electron chi connectivity index (χ1n) is 4.42. The standard InChI is InChI=1S/C9H7F4NO3/c1-2-16-8(15)7-6(17-9(11,12)13)3-5(10)4-14-7/h3-4H,2H2,1H3. The quantitative estimate of drug-likeness (QED) is 0.612. The molecule has 0 fully saturated rings. The third-order valence-corrected chi connectivity index (χ3v) is 1.51. The maximum Gasteiger partial charge on any atom is 0.573 e. The van der Waals surface area contributed by atoms with E-state index in [0.717, 1.165) is 0 Å². The molecule has 4 nitrogen and oxygen atoms in total. The van der Waals surface area contributed by atoms with Crippen LogP contribution in [-0.2, 0) is 4.74 Å². The van der Waals surface area contributed by atoms with Crippen molar-refractivity contribution in [2.75, 3.05) is 6.61 Å². The van der Waals surface area contributed by atoms with E-state index >= 15 is 0 Å². The van der Waals surface area contributed by atoms with Gasteiger partial charge in [0.2, 0.25) is 0 Å². The van der Waals surface area contributed by atoms with E-state index in [2.05, 4.69) is 14.5 Å². The molecule has 1 aromatic heterocycles. The van der Waals surface area contributed by atoms with Gasteiger partial charge in [-0.1, -0.05) is 0 Å². The van der Waals surface area contributed by atoms with Crippen LogP contribution in [0.3, 0.4) is 0 Å². The second-order valence-electron chi connectivity index (χ2n) is 2.77. The molecule has 0 amide bonds. The third-order valence-electron chi connectivity index (χ3n) is 1.51. The van der Waals surface area contributed by atoms with E-state index in [1.807, 2.05) is 0 Å². The zero-order valence-electron chi connectivity index (χ0n) is 8.55. The Balaban J connectivity index is 3.08. The van der Waals surface area contributed by atoms with Gasteiger partial charge in [-0.15, -0.1) is 13.2 Å². The summed E-state index contributed by atoms with van der Waals surface area (Å²) < 4.78 is 56.6. The van der Waals surface area contributed by atoms with Crippen LogP contribution < -0.4 is 4.74 Å². The van der Waals surface area contributed by atoms with Crippen LogP contribution in [0.25, 0.3) is 0 Å². The van der Waals surface area contributed by atoms with Gasteiger partial charge in [0, 0.05) is 6.07 Å². The van der Waals surface area contributed by atoms with E-state index in [1.165, 1.54) is 6.92 Å². The highest BCUT2D eigenvalue weighted by atomic mass is 19.4. The second-order valence-corrected chi connectivity index (χ2v) is 2.77. The molecule has 0 N–H and O–H groups in total. The van der Waals surface area contributed by atoms with Crippen molar-refractivity contribution in [3.63, 3.8) is 0 Å². The van der Waals surface area contributed by atoms with Crippen LogP contribution in [0, 0.1) is 5.82 Å². The van der Waals surface area contributed by atoms with Crippen molar-refractivity contribution in [1.82, 2.24) is 4.98 Å². The van der Waals surface area contributed by atoms with Crippen molar-refractivity contribution in [1.29, 1.82) is 0 Å². The molecule has 0 aromatic carbocycles. The first-order chi connectivity index (χ1) is 7.83. The van der Waals surface area contributed by atoms with Crippen molar-refractivity contribution < 1.29 is 31.8 Å². The van der Waals surface area contributed by atoms with Crippen LogP contribution in [0.2, 0.25) is 0 Å². The molecule has 0 atom stereocenters. The van der Waals surface area contributed by atoms with E-state index in [-0.39, 0.29) is 6.61 Å². The predicted octanol–water partition coefficient (Wildman–Crippen LogP) is 2.30. The van der Waals surface area contributed by atoms with Crippen LogP contribution in [0.4, 0.5) is 17.6 Å². The van der Waals surface area contributed by atoms with Crippen LogP contribution in [0.1, 0.15) is 17.4 Å². The van der Waals surface area contributed by atoms with E-state index in [9.17, 15) is 22.4 Å². The summed E-state index contributed by atoms with van der Waals surface area (Å²) in [5.74, 6) is -3.21. The van der Waals surface area contributed by atoms with Crippen LogP contribution >= 0.6 is 0 Å². The minimum absolute atomic E-state index is 0.0522. The number of rotatable bonds is 3. The number of aromatic nitrogens is 1. The Kier molecular flexibility index (Phi) is 3.87. The Morgan fingerprint density at radius 3 is 2.65 bits per heavy atom. The molecule has 0 unspecified atom stereocenters. The number of hydrogen-bond acceptors (Lipinski definition) is 4. The van der Waals surface area contributed by atoms with E-state index in [0.29, 0.717) is 12.3 Å². The molecule has 94 valence electrons.